The lowest BCUT2D eigenvalue weighted by molar-refractivity contribution is -0.120. The Kier molecular flexibility index (Phi) is 5.54. The van der Waals surface area contributed by atoms with Gasteiger partial charge in [-0.3, -0.25) is 14.5 Å². The maximum atomic E-state index is 14.2. The molecule has 3 aliphatic rings. The number of anilines is 1. The number of hydrogen-bond donors (Lipinski definition) is 2. The number of benzene rings is 3. The van der Waals surface area contributed by atoms with E-state index in [1.165, 1.54) is 4.90 Å². The van der Waals surface area contributed by atoms with Crippen molar-refractivity contribution in [3.63, 3.8) is 0 Å². The highest BCUT2D eigenvalue weighted by Crippen LogP contribution is 2.45. The number of carbonyl (C=O) groups excluding carboxylic acids is 3. The second-order valence-corrected chi connectivity index (χ2v) is 10.9. The van der Waals surface area contributed by atoms with Gasteiger partial charge in [0.25, 0.3) is 11.8 Å². The summed E-state index contributed by atoms with van der Waals surface area (Å²) in [4.78, 5) is 48.1. The van der Waals surface area contributed by atoms with Crippen LogP contribution in [0, 0.1) is 6.92 Å². The van der Waals surface area contributed by atoms with Crippen LogP contribution in [0.3, 0.4) is 0 Å². The zero-order chi connectivity index (χ0) is 26.7. The van der Waals surface area contributed by atoms with Crippen molar-refractivity contribution in [3.8, 4) is 0 Å². The van der Waals surface area contributed by atoms with Gasteiger partial charge in [0, 0.05) is 29.1 Å². The Morgan fingerprint density at radius 2 is 1.64 bits per heavy atom. The number of nitrogens with zero attached hydrogens (tertiary/aromatic N) is 2. The lowest BCUT2D eigenvalue weighted by Crippen LogP contribution is -2.44. The molecule has 1 saturated heterocycles. The number of amides is 4. The highest BCUT2D eigenvalue weighted by molar-refractivity contribution is 6.24. The first kappa shape index (κ1) is 23.7. The first-order valence-corrected chi connectivity index (χ1v) is 13.7. The highest BCUT2D eigenvalue weighted by atomic mass is 16.2. The largest absolute Gasteiger partial charge is 0.356 e. The standard InChI is InChI=1S/C32H30N4O3/c1-19-14-16-20(17-15-19)29-28-24(22-10-4-6-12-25(22)34-28)18-27-31(38)36(32(39)35(27)29)26-13-7-5-11-23(26)30(37)33-21-8-2-3-9-21/h4-7,10-17,21,27,29,34H,2-3,8-9,18H2,1H3,(H,33,37)/t27-,29+/m0/s1. The van der Waals surface area contributed by atoms with Gasteiger partial charge in [-0.25, -0.2) is 9.69 Å². The van der Waals surface area contributed by atoms with Crippen molar-refractivity contribution in [2.24, 2.45) is 0 Å². The number of hydrogen-bond acceptors (Lipinski definition) is 3. The number of aromatic amines is 1. The first-order valence-electron chi connectivity index (χ1n) is 13.7. The zero-order valence-corrected chi connectivity index (χ0v) is 21.8. The van der Waals surface area contributed by atoms with Crippen LogP contribution in [0.4, 0.5) is 10.5 Å². The molecule has 0 spiro atoms. The van der Waals surface area contributed by atoms with Crippen molar-refractivity contribution >= 4 is 34.4 Å². The Balaban J connectivity index is 1.32. The topological polar surface area (TPSA) is 85.5 Å². The predicted octanol–water partition coefficient (Wildman–Crippen LogP) is 5.63. The predicted molar refractivity (Wildman–Crippen MR) is 150 cm³/mol. The Hall–Kier alpha value is -4.39. The molecule has 4 amide bonds. The maximum absolute atomic E-state index is 14.2. The quantitative estimate of drug-likeness (QED) is 0.343. The van der Waals surface area contributed by atoms with Crippen molar-refractivity contribution < 1.29 is 14.4 Å². The summed E-state index contributed by atoms with van der Waals surface area (Å²) in [5.41, 5.74) is 5.74. The molecule has 3 heterocycles. The van der Waals surface area contributed by atoms with Crippen molar-refractivity contribution in [2.75, 3.05) is 4.90 Å². The number of imide groups is 1. The molecule has 0 bridgehead atoms. The van der Waals surface area contributed by atoms with E-state index in [2.05, 4.69) is 16.4 Å². The minimum absolute atomic E-state index is 0.131. The van der Waals surface area contributed by atoms with Crippen molar-refractivity contribution in [1.82, 2.24) is 15.2 Å². The van der Waals surface area contributed by atoms with Crippen LogP contribution in [-0.4, -0.2) is 39.8 Å². The van der Waals surface area contributed by atoms with E-state index >= 15 is 0 Å². The van der Waals surface area contributed by atoms with Gasteiger partial charge in [-0.15, -0.1) is 0 Å². The summed E-state index contributed by atoms with van der Waals surface area (Å²) in [7, 11) is 0. The molecule has 7 heteroatoms. The molecule has 196 valence electrons. The van der Waals surface area contributed by atoms with Crippen LogP contribution < -0.4 is 10.2 Å². The molecule has 4 aromatic rings. The summed E-state index contributed by atoms with van der Waals surface area (Å²) in [6.07, 6.45) is 4.52. The molecule has 0 unspecified atom stereocenters. The van der Waals surface area contributed by atoms with Crippen molar-refractivity contribution in [1.29, 1.82) is 0 Å². The average Bonchev–Trinajstić information content (AvgIpc) is 3.65. The average molecular weight is 519 g/mol. The molecule has 2 fully saturated rings. The number of nitrogens with one attached hydrogen (secondary N) is 2. The van der Waals surface area contributed by atoms with E-state index < -0.39 is 18.1 Å². The van der Waals surface area contributed by atoms with E-state index in [0.717, 1.165) is 59.0 Å². The van der Waals surface area contributed by atoms with Gasteiger partial charge in [-0.05, 0) is 49.1 Å². The fraction of sp³-hybridized carbons (Fsp3) is 0.281. The van der Waals surface area contributed by atoms with E-state index in [4.69, 9.17) is 0 Å². The number of fused-ring (bicyclic) bond motifs is 4. The van der Waals surface area contributed by atoms with Gasteiger partial charge < -0.3 is 10.3 Å². The second-order valence-electron chi connectivity index (χ2n) is 10.9. The summed E-state index contributed by atoms with van der Waals surface area (Å²) < 4.78 is 0. The van der Waals surface area contributed by atoms with Crippen molar-refractivity contribution in [2.45, 2.75) is 57.2 Å². The van der Waals surface area contributed by atoms with E-state index in [1.807, 2.05) is 49.4 Å². The SMILES string of the molecule is Cc1ccc([C@@H]2c3[nH]c4ccccc4c3C[C@H]3C(=O)N(c4ccccc4C(=O)NC4CCCC4)C(=O)N23)cc1. The molecule has 1 saturated carbocycles. The minimum Gasteiger partial charge on any atom is -0.356 e. The van der Waals surface area contributed by atoms with E-state index in [9.17, 15) is 14.4 Å². The molecule has 1 aliphatic carbocycles. The highest BCUT2D eigenvalue weighted by Gasteiger charge is 2.53. The Labute approximate surface area is 226 Å². The van der Waals surface area contributed by atoms with Gasteiger partial charge in [-0.2, -0.15) is 0 Å². The molecule has 7 rings (SSSR count). The lowest BCUT2D eigenvalue weighted by Gasteiger charge is -2.36. The zero-order valence-electron chi connectivity index (χ0n) is 21.8. The molecule has 2 atom stereocenters. The fourth-order valence-corrected chi connectivity index (χ4v) is 6.59. The smallest absolute Gasteiger partial charge is 0.332 e. The molecule has 0 radical (unpaired) electrons. The number of aryl methyl sites for hydroxylation is 1. The first-order chi connectivity index (χ1) is 19.0. The number of para-hydroxylation sites is 2. The normalized spacial score (nSPS) is 20.9. The Bertz CT molecular complexity index is 1620. The third kappa shape index (κ3) is 3.75. The summed E-state index contributed by atoms with van der Waals surface area (Å²) >= 11 is 0. The summed E-state index contributed by atoms with van der Waals surface area (Å²) in [5.74, 6) is -0.538. The van der Waals surface area contributed by atoms with Gasteiger partial charge in [0.2, 0.25) is 0 Å². The summed E-state index contributed by atoms with van der Waals surface area (Å²) in [5, 5.41) is 4.18. The van der Waals surface area contributed by atoms with Crippen LogP contribution in [-0.2, 0) is 11.2 Å². The summed E-state index contributed by atoms with van der Waals surface area (Å²) in [6.45, 7) is 2.03. The fourth-order valence-electron chi connectivity index (χ4n) is 6.59. The van der Waals surface area contributed by atoms with Gasteiger partial charge in [0.1, 0.15) is 12.1 Å². The van der Waals surface area contributed by atoms with Crippen LogP contribution in [0.5, 0.6) is 0 Å². The van der Waals surface area contributed by atoms with Crippen LogP contribution in [0.2, 0.25) is 0 Å². The summed E-state index contributed by atoms with van der Waals surface area (Å²) in [6, 6.07) is 21.8. The third-order valence-corrected chi connectivity index (χ3v) is 8.52. The van der Waals surface area contributed by atoms with E-state index in [1.54, 1.807) is 29.2 Å². The van der Waals surface area contributed by atoms with E-state index in [0.29, 0.717) is 17.7 Å². The van der Waals surface area contributed by atoms with Crippen LogP contribution in [0.1, 0.15) is 64.5 Å². The number of carbonyl (C=O) groups is 3. The molecule has 3 aromatic carbocycles. The minimum atomic E-state index is -0.665. The maximum Gasteiger partial charge on any atom is 0.332 e. The Morgan fingerprint density at radius 3 is 2.44 bits per heavy atom. The lowest BCUT2D eigenvalue weighted by atomic mass is 9.88. The molecule has 7 nitrogen and oxygen atoms in total. The molecule has 2 aliphatic heterocycles. The van der Waals surface area contributed by atoms with E-state index in [-0.39, 0.29) is 17.9 Å². The molecule has 1 aromatic heterocycles. The number of rotatable bonds is 4. The monoisotopic (exact) mass is 518 g/mol. The second kappa shape index (κ2) is 9.12. The third-order valence-electron chi connectivity index (χ3n) is 8.52. The van der Waals surface area contributed by atoms with Gasteiger partial charge in [0.15, 0.2) is 0 Å². The van der Waals surface area contributed by atoms with Crippen molar-refractivity contribution in [3.05, 3.63) is 101 Å². The van der Waals surface area contributed by atoms with Crippen LogP contribution in [0.15, 0.2) is 72.8 Å². The van der Waals surface area contributed by atoms with Gasteiger partial charge in [0.05, 0.1) is 11.3 Å². The number of urea groups is 1. The molecular formula is C32H30N4O3. The van der Waals surface area contributed by atoms with Gasteiger partial charge >= 0.3 is 6.03 Å². The van der Waals surface area contributed by atoms with Crippen LogP contribution >= 0.6 is 0 Å². The van der Waals surface area contributed by atoms with Gasteiger partial charge in [-0.1, -0.05) is 73.0 Å². The Morgan fingerprint density at radius 1 is 0.923 bits per heavy atom. The number of H-pyrrole nitrogens is 1. The molecular weight excluding hydrogens is 488 g/mol. The molecule has 2 N–H and O–H groups in total. The number of aromatic nitrogens is 1. The van der Waals surface area contributed by atoms with Crippen LogP contribution in [0.25, 0.3) is 10.9 Å². The molecule has 39 heavy (non-hydrogen) atoms.